The first-order chi connectivity index (χ1) is 13.1. The smallest absolute Gasteiger partial charge is 0.238 e. The highest BCUT2D eigenvalue weighted by Crippen LogP contribution is 2.33. The van der Waals surface area contributed by atoms with Gasteiger partial charge in [-0.15, -0.1) is 0 Å². The lowest BCUT2D eigenvalue weighted by molar-refractivity contribution is -0.117. The van der Waals surface area contributed by atoms with E-state index in [4.69, 9.17) is 18.9 Å². The van der Waals surface area contributed by atoms with Gasteiger partial charge in [-0.25, -0.2) is 0 Å². The molecule has 1 aliphatic heterocycles. The quantitative estimate of drug-likeness (QED) is 0.768. The Labute approximate surface area is 158 Å². The molecule has 7 heteroatoms. The van der Waals surface area contributed by atoms with Gasteiger partial charge in [0.05, 0.1) is 26.5 Å². The second-order valence-electron chi connectivity index (χ2n) is 6.11. The zero-order valence-electron chi connectivity index (χ0n) is 15.8. The number of nitrogens with one attached hydrogen (secondary N) is 1. The summed E-state index contributed by atoms with van der Waals surface area (Å²) in [6.07, 6.45) is 0. The minimum absolute atomic E-state index is 0.121. The fraction of sp³-hybridized carbons (Fsp3) is 0.350. The number of hydrogen-bond acceptors (Lipinski definition) is 6. The number of carbonyl (C=O) groups excluding carboxylic acids is 1. The molecule has 1 N–H and O–H groups in total. The van der Waals surface area contributed by atoms with Crippen molar-refractivity contribution >= 4 is 11.6 Å². The predicted octanol–water partition coefficient (Wildman–Crippen LogP) is 2.89. The molecule has 3 rings (SSSR count). The van der Waals surface area contributed by atoms with Crippen molar-refractivity contribution < 1.29 is 23.7 Å². The second kappa shape index (κ2) is 8.64. The van der Waals surface area contributed by atoms with Gasteiger partial charge in [0, 0.05) is 12.6 Å². The first-order valence-corrected chi connectivity index (χ1v) is 8.75. The summed E-state index contributed by atoms with van der Waals surface area (Å²) in [5.41, 5.74) is 1.65. The molecule has 1 aliphatic rings. The summed E-state index contributed by atoms with van der Waals surface area (Å²) in [5, 5.41) is 2.90. The topological polar surface area (TPSA) is 69.3 Å². The van der Waals surface area contributed by atoms with E-state index < -0.39 is 0 Å². The summed E-state index contributed by atoms with van der Waals surface area (Å²) in [5.74, 6) is 2.62. The van der Waals surface area contributed by atoms with E-state index in [0.717, 1.165) is 23.6 Å². The van der Waals surface area contributed by atoms with E-state index in [1.165, 1.54) is 0 Å². The summed E-state index contributed by atoms with van der Waals surface area (Å²) in [6, 6.07) is 11.1. The molecular formula is C20H24N2O5. The SMILES string of the molecule is CCN(CC(=O)Nc1cc(OC)ccc1OC)Cc1ccc2c(c1)OCO2. The van der Waals surface area contributed by atoms with Crippen LogP contribution in [-0.4, -0.2) is 44.9 Å². The fourth-order valence-corrected chi connectivity index (χ4v) is 2.88. The van der Waals surface area contributed by atoms with E-state index in [1.807, 2.05) is 30.0 Å². The Morgan fingerprint density at radius 1 is 1.11 bits per heavy atom. The minimum atomic E-state index is -0.121. The van der Waals surface area contributed by atoms with Gasteiger partial charge in [-0.05, 0) is 36.4 Å². The fourth-order valence-electron chi connectivity index (χ4n) is 2.88. The largest absolute Gasteiger partial charge is 0.497 e. The lowest BCUT2D eigenvalue weighted by Gasteiger charge is -2.20. The molecule has 0 aliphatic carbocycles. The molecule has 0 spiro atoms. The number of fused-ring (bicyclic) bond motifs is 1. The van der Waals surface area contributed by atoms with Gasteiger partial charge < -0.3 is 24.3 Å². The standard InChI is InChI=1S/C20H24N2O5/c1-4-22(11-14-5-7-18-19(9-14)27-13-26-18)12-20(23)21-16-10-15(24-2)6-8-17(16)25-3/h5-10H,4,11-13H2,1-3H3,(H,21,23). The zero-order chi connectivity index (χ0) is 19.2. The van der Waals surface area contributed by atoms with Crippen LogP contribution in [0, 0.1) is 0 Å². The Hall–Kier alpha value is -2.93. The molecule has 0 radical (unpaired) electrons. The van der Waals surface area contributed by atoms with Crippen LogP contribution in [0.3, 0.4) is 0 Å². The molecule has 0 aromatic heterocycles. The number of benzene rings is 2. The average molecular weight is 372 g/mol. The maximum atomic E-state index is 12.5. The van der Waals surface area contributed by atoms with Gasteiger partial charge >= 0.3 is 0 Å². The third kappa shape index (κ3) is 4.62. The Morgan fingerprint density at radius 3 is 2.67 bits per heavy atom. The molecule has 1 amide bonds. The van der Waals surface area contributed by atoms with E-state index in [0.29, 0.717) is 23.7 Å². The number of hydrogen-bond donors (Lipinski definition) is 1. The van der Waals surface area contributed by atoms with Crippen LogP contribution >= 0.6 is 0 Å². The maximum absolute atomic E-state index is 12.5. The number of nitrogens with zero attached hydrogens (tertiary/aromatic N) is 1. The molecule has 1 heterocycles. The Morgan fingerprint density at radius 2 is 1.93 bits per heavy atom. The summed E-state index contributed by atoms with van der Waals surface area (Å²) in [4.78, 5) is 14.6. The van der Waals surface area contributed by atoms with E-state index in [1.54, 1.807) is 32.4 Å². The first kappa shape index (κ1) is 18.8. The summed E-state index contributed by atoms with van der Waals surface area (Å²) >= 11 is 0. The second-order valence-corrected chi connectivity index (χ2v) is 6.11. The zero-order valence-corrected chi connectivity index (χ0v) is 15.8. The van der Waals surface area contributed by atoms with Gasteiger partial charge in [-0.1, -0.05) is 13.0 Å². The number of methoxy groups -OCH3 is 2. The first-order valence-electron chi connectivity index (χ1n) is 8.75. The van der Waals surface area contributed by atoms with E-state index >= 15 is 0 Å². The number of rotatable bonds is 8. The normalized spacial score (nSPS) is 12.1. The summed E-state index contributed by atoms with van der Waals surface area (Å²) < 4.78 is 21.3. The average Bonchev–Trinajstić information content (AvgIpc) is 3.15. The Balaban J connectivity index is 1.63. The van der Waals surface area contributed by atoms with Crippen molar-refractivity contribution in [2.75, 3.05) is 39.4 Å². The van der Waals surface area contributed by atoms with Crippen LogP contribution < -0.4 is 24.3 Å². The molecule has 0 bridgehead atoms. The van der Waals surface area contributed by atoms with E-state index in [2.05, 4.69) is 5.32 Å². The molecule has 0 unspecified atom stereocenters. The van der Waals surface area contributed by atoms with Crippen LogP contribution in [0.15, 0.2) is 36.4 Å². The molecule has 0 saturated carbocycles. The minimum Gasteiger partial charge on any atom is -0.497 e. The van der Waals surface area contributed by atoms with Crippen LogP contribution in [0.25, 0.3) is 0 Å². The molecular weight excluding hydrogens is 348 g/mol. The molecule has 2 aromatic rings. The van der Waals surface area contributed by atoms with Gasteiger partial charge in [-0.3, -0.25) is 9.69 Å². The van der Waals surface area contributed by atoms with Gasteiger partial charge in [-0.2, -0.15) is 0 Å². The van der Waals surface area contributed by atoms with Crippen LogP contribution in [-0.2, 0) is 11.3 Å². The van der Waals surface area contributed by atoms with Crippen molar-refractivity contribution in [3.8, 4) is 23.0 Å². The molecule has 0 saturated heterocycles. The highest BCUT2D eigenvalue weighted by atomic mass is 16.7. The number of ether oxygens (including phenoxy) is 4. The van der Waals surface area contributed by atoms with Crippen LogP contribution in [0.2, 0.25) is 0 Å². The number of amides is 1. The third-order valence-electron chi connectivity index (χ3n) is 4.34. The molecule has 2 aromatic carbocycles. The van der Waals surface area contributed by atoms with Gasteiger partial charge in [0.25, 0.3) is 0 Å². The summed E-state index contributed by atoms with van der Waals surface area (Å²) in [6.45, 7) is 3.89. The molecule has 0 atom stereocenters. The van der Waals surface area contributed by atoms with Crippen LogP contribution in [0.4, 0.5) is 5.69 Å². The van der Waals surface area contributed by atoms with Crippen LogP contribution in [0.5, 0.6) is 23.0 Å². The number of carbonyl (C=O) groups is 1. The van der Waals surface area contributed by atoms with Crippen LogP contribution in [0.1, 0.15) is 12.5 Å². The number of anilines is 1. The van der Waals surface area contributed by atoms with Crippen molar-refractivity contribution in [3.63, 3.8) is 0 Å². The molecule has 27 heavy (non-hydrogen) atoms. The van der Waals surface area contributed by atoms with Gasteiger partial charge in [0.1, 0.15) is 11.5 Å². The van der Waals surface area contributed by atoms with Crippen molar-refractivity contribution in [2.24, 2.45) is 0 Å². The van der Waals surface area contributed by atoms with Crippen molar-refractivity contribution in [1.82, 2.24) is 4.90 Å². The van der Waals surface area contributed by atoms with E-state index in [9.17, 15) is 4.79 Å². The molecule has 0 fully saturated rings. The third-order valence-corrected chi connectivity index (χ3v) is 4.34. The highest BCUT2D eigenvalue weighted by Gasteiger charge is 2.16. The maximum Gasteiger partial charge on any atom is 0.238 e. The van der Waals surface area contributed by atoms with Crippen molar-refractivity contribution in [2.45, 2.75) is 13.5 Å². The van der Waals surface area contributed by atoms with E-state index in [-0.39, 0.29) is 19.2 Å². The predicted molar refractivity (Wildman–Crippen MR) is 102 cm³/mol. The lowest BCUT2D eigenvalue weighted by atomic mass is 10.2. The van der Waals surface area contributed by atoms with Crippen molar-refractivity contribution in [3.05, 3.63) is 42.0 Å². The molecule has 7 nitrogen and oxygen atoms in total. The summed E-state index contributed by atoms with van der Waals surface area (Å²) in [7, 11) is 3.15. The molecule has 144 valence electrons. The number of likely N-dealkylation sites (N-methyl/N-ethyl adjacent to an activating group) is 1. The highest BCUT2D eigenvalue weighted by molar-refractivity contribution is 5.94. The van der Waals surface area contributed by atoms with Gasteiger partial charge in [0.2, 0.25) is 12.7 Å². The Kier molecular flexibility index (Phi) is 6.03. The van der Waals surface area contributed by atoms with Gasteiger partial charge in [0.15, 0.2) is 11.5 Å². The van der Waals surface area contributed by atoms with Crippen molar-refractivity contribution in [1.29, 1.82) is 0 Å². The Bertz CT molecular complexity index is 809. The monoisotopic (exact) mass is 372 g/mol. The lowest BCUT2D eigenvalue weighted by Crippen LogP contribution is -2.32.